The molecule has 2 atom stereocenters. The molecule has 7 rings (SSSR count). The monoisotopic (exact) mass is 616 g/mol. The summed E-state index contributed by atoms with van der Waals surface area (Å²) in [6, 6.07) is 0.876. The molecule has 4 fully saturated rings. The Hall–Kier alpha value is -3.58. The molecule has 14 heteroatoms. The van der Waals surface area contributed by atoms with Crippen LogP contribution in [0.1, 0.15) is 104 Å². The summed E-state index contributed by atoms with van der Waals surface area (Å²) in [6.45, 7) is 0.660. The maximum absolute atomic E-state index is 14.1. The van der Waals surface area contributed by atoms with Crippen LogP contribution in [0.3, 0.4) is 0 Å². The third-order valence-electron chi connectivity index (χ3n) is 9.50. The van der Waals surface area contributed by atoms with Gasteiger partial charge in [0, 0.05) is 32.1 Å². The van der Waals surface area contributed by atoms with E-state index in [0.29, 0.717) is 23.8 Å². The van der Waals surface area contributed by atoms with E-state index in [1.807, 2.05) is 6.07 Å². The first-order chi connectivity index (χ1) is 21.0. The molecule has 3 aromatic rings. The van der Waals surface area contributed by atoms with Gasteiger partial charge in [-0.2, -0.15) is 15.0 Å². The van der Waals surface area contributed by atoms with Crippen LogP contribution >= 0.6 is 0 Å². The number of hydrogen-bond donors (Lipinski definition) is 2. The van der Waals surface area contributed by atoms with E-state index in [2.05, 4.69) is 25.9 Å². The van der Waals surface area contributed by atoms with Crippen molar-refractivity contribution in [3.05, 3.63) is 41.6 Å². The number of nitrogens with zero attached hydrogens (tertiary/aromatic N) is 6. The van der Waals surface area contributed by atoms with Crippen molar-refractivity contribution in [2.75, 3.05) is 0 Å². The SMILES string of the molecule is O=C(CC1CC(F)(F)C1)NC(c1cnn2cc([C@@H](NC(=O)c3cnn(CC4CC4)n3)C3CCC(F)(F)CC3)nc2c1)C1CC1. The Labute approximate surface area is 251 Å². The van der Waals surface area contributed by atoms with Gasteiger partial charge in [-0.15, -0.1) is 5.10 Å². The molecule has 10 nitrogen and oxygen atoms in total. The lowest BCUT2D eigenvalue weighted by Crippen LogP contribution is -2.39. The van der Waals surface area contributed by atoms with Crippen molar-refractivity contribution in [1.82, 2.24) is 40.2 Å². The molecule has 0 saturated heterocycles. The van der Waals surface area contributed by atoms with Gasteiger partial charge in [-0.3, -0.25) is 9.59 Å². The second kappa shape index (κ2) is 11.1. The molecule has 236 valence electrons. The highest BCUT2D eigenvalue weighted by atomic mass is 19.3. The van der Waals surface area contributed by atoms with Crippen LogP contribution in [0, 0.1) is 23.7 Å². The molecule has 0 aromatic carbocycles. The maximum atomic E-state index is 14.1. The number of halogens is 4. The van der Waals surface area contributed by atoms with Crippen LogP contribution in [0.15, 0.2) is 24.7 Å². The summed E-state index contributed by atoms with van der Waals surface area (Å²) in [6.07, 6.45) is 8.36. The van der Waals surface area contributed by atoms with Gasteiger partial charge in [0.2, 0.25) is 17.8 Å². The number of carbonyl (C=O) groups is 2. The lowest BCUT2D eigenvalue weighted by molar-refractivity contribution is -0.134. The van der Waals surface area contributed by atoms with Crippen molar-refractivity contribution in [3.63, 3.8) is 0 Å². The van der Waals surface area contributed by atoms with E-state index in [1.165, 1.54) is 11.0 Å². The van der Waals surface area contributed by atoms with Crippen LogP contribution in [0.2, 0.25) is 0 Å². The quantitative estimate of drug-likeness (QED) is 0.292. The first-order valence-electron chi connectivity index (χ1n) is 15.6. The molecule has 1 unspecified atom stereocenters. The fraction of sp³-hybridized carbons (Fsp3) is 0.667. The summed E-state index contributed by atoms with van der Waals surface area (Å²) in [4.78, 5) is 32.3. The van der Waals surface area contributed by atoms with Gasteiger partial charge in [-0.25, -0.2) is 27.1 Å². The molecule has 4 aliphatic carbocycles. The van der Waals surface area contributed by atoms with Gasteiger partial charge in [-0.05, 0) is 73.8 Å². The van der Waals surface area contributed by atoms with Crippen LogP contribution in [0.25, 0.3) is 5.65 Å². The van der Waals surface area contributed by atoms with Gasteiger partial charge in [-0.1, -0.05) is 0 Å². The Balaban J connectivity index is 1.10. The molecule has 3 heterocycles. The van der Waals surface area contributed by atoms with E-state index in [0.717, 1.165) is 31.2 Å². The lowest BCUT2D eigenvalue weighted by atomic mass is 9.79. The van der Waals surface area contributed by atoms with Gasteiger partial charge in [0.1, 0.15) is 0 Å². The predicted octanol–water partition coefficient (Wildman–Crippen LogP) is 5.03. The highest BCUT2D eigenvalue weighted by molar-refractivity contribution is 5.92. The van der Waals surface area contributed by atoms with Gasteiger partial charge < -0.3 is 10.6 Å². The third-order valence-corrected chi connectivity index (χ3v) is 9.50. The van der Waals surface area contributed by atoms with Crippen molar-refractivity contribution < 1.29 is 27.2 Å². The van der Waals surface area contributed by atoms with E-state index in [9.17, 15) is 27.2 Å². The lowest BCUT2D eigenvalue weighted by Gasteiger charge is -2.34. The van der Waals surface area contributed by atoms with E-state index < -0.39 is 23.8 Å². The molecule has 2 amide bonds. The molecule has 2 N–H and O–H groups in total. The molecule has 0 spiro atoms. The molecular formula is C30H36F4N8O2. The Morgan fingerprint density at radius 1 is 0.886 bits per heavy atom. The van der Waals surface area contributed by atoms with E-state index in [-0.39, 0.29) is 80.3 Å². The first kappa shape index (κ1) is 29.1. The Morgan fingerprint density at radius 2 is 1.61 bits per heavy atom. The second-order valence-corrected chi connectivity index (χ2v) is 13.3. The van der Waals surface area contributed by atoms with Crippen molar-refractivity contribution in [1.29, 1.82) is 0 Å². The number of rotatable bonds is 11. The van der Waals surface area contributed by atoms with Gasteiger partial charge in [0.15, 0.2) is 11.3 Å². The van der Waals surface area contributed by atoms with Gasteiger partial charge in [0.25, 0.3) is 5.91 Å². The zero-order valence-corrected chi connectivity index (χ0v) is 24.3. The Kier molecular flexibility index (Phi) is 7.35. The van der Waals surface area contributed by atoms with E-state index in [4.69, 9.17) is 4.98 Å². The fourth-order valence-electron chi connectivity index (χ4n) is 6.62. The molecule has 0 bridgehead atoms. The molecule has 4 aliphatic rings. The summed E-state index contributed by atoms with van der Waals surface area (Å²) < 4.78 is 56.2. The fourth-order valence-corrected chi connectivity index (χ4v) is 6.62. The summed E-state index contributed by atoms with van der Waals surface area (Å²) in [5.41, 5.74) is 1.91. The standard InChI is InChI=1S/C30H36F4N8O2/c31-29(32)7-5-20(6-8-29)27(39-28(44)22-14-36-42(40-22)15-17-1-2-17)23-16-41-24(37-23)10-21(13-35-41)26(19-3-4-19)38-25(43)9-18-11-30(33,34)12-18/h10,13-14,16-20,26-27H,1-9,11-12,15H2,(H,38,43)(H,39,44)/t26?,27-/m0/s1. The molecule has 44 heavy (non-hydrogen) atoms. The number of fused-ring (bicyclic) bond motifs is 1. The van der Waals surface area contributed by atoms with Crippen molar-refractivity contribution >= 4 is 17.5 Å². The first-order valence-corrected chi connectivity index (χ1v) is 15.6. The van der Waals surface area contributed by atoms with Crippen LogP contribution in [-0.4, -0.2) is 53.3 Å². The number of carbonyl (C=O) groups excluding carboxylic acids is 2. The zero-order valence-electron chi connectivity index (χ0n) is 24.3. The van der Waals surface area contributed by atoms with Crippen molar-refractivity contribution in [2.45, 2.75) is 101 Å². The van der Waals surface area contributed by atoms with Crippen molar-refractivity contribution in [2.24, 2.45) is 23.7 Å². The molecule has 0 aliphatic heterocycles. The molecule has 0 radical (unpaired) electrons. The van der Waals surface area contributed by atoms with Crippen LogP contribution in [0.5, 0.6) is 0 Å². The number of hydrogen-bond acceptors (Lipinski definition) is 6. The minimum Gasteiger partial charge on any atom is -0.349 e. The zero-order chi connectivity index (χ0) is 30.6. The molecular weight excluding hydrogens is 580 g/mol. The maximum Gasteiger partial charge on any atom is 0.274 e. The topological polar surface area (TPSA) is 119 Å². The van der Waals surface area contributed by atoms with E-state index in [1.54, 1.807) is 16.9 Å². The highest BCUT2D eigenvalue weighted by Gasteiger charge is 2.46. The highest BCUT2D eigenvalue weighted by Crippen LogP contribution is 2.45. The predicted molar refractivity (Wildman–Crippen MR) is 149 cm³/mol. The van der Waals surface area contributed by atoms with Gasteiger partial charge in [0.05, 0.1) is 42.9 Å². The van der Waals surface area contributed by atoms with Crippen molar-refractivity contribution in [3.8, 4) is 0 Å². The number of amides is 2. The number of nitrogens with one attached hydrogen (secondary N) is 2. The Morgan fingerprint density at radius 3 is 2.30 bits per heavy atom. The summed E-state index contributed by atoms with van der Waals surface area (Å²) in [5, 5.41) is 19.1. The average molecular weight is 617 g/mol. The summed E-state index contributed by atoms with van der Waals surface area (Å²) in [5.74, 6) is -5.90. The average Bonchev–Trinajstić information content (AvgIpc) is 3.87. The molecule has 4 saturated carbocycles. The minimum absolute atomic E-state index is 0.0676. The van der Waals surface area contributed by atoms with Crippen LogP contribution in [-0.2, 0) is 11.3 Å². The van der Waals surface area contributed by atoms with Crippen LogP contribution < -0.4 is 10.6 Å². The number of imidazole rings is 1. The number of alkyl halides is 4. The summed E-state index contributed by atoms with van der Waals surface area (Å²) in [7, 11) is 0. The van der Waals surface area contributed by atoms with Crippen LogP contribution in [0.4, 0.5) is 17.6 Å². The van der Waals surface area contributed by atoms with Gasteiger partial charge >= 0.3 is 0 Å². The summed E-state index contributed by atoms with van der Waals surface area (Å²) >= 11 is 0. The minimum atomic E-state index is -2.73. The molecule has 3 aromatic heterocycles. The smallest absolute Gasteiger partial charge is 0.274 e. The largest absolute Gasteiger partial charge is 0.349 e. The Bertz CT molecular complexity index is 1530. The van der Waals surface area contributed by atoms with E-state index >= 15 is 0 Å². The normalized spacial score (nSPS) is 23.2. The second-order valence-electron chi connectivity index (χ2n) is 13.3. The third kappa shape index (κ3) is 6.58. The number of aromatic nitrogens is 6.